The summed E-state index contributed by atoms with van der Waals surface area (Å²) in [5, 5.41) is 6.78. The van der Waals surface area contributed by atoms with Crippen molar-refractivity contribution in [3.63, 3.8) is 0 Å². The van der Waals surface area contributed by atoms with E-state index in [4.69, 9.17) is 0 Å². The highest BCUT2D eigenvalue weighted by atomic mass is 16.1. The number of benzene rings is 1. The molecule has 1 amide bonds. The molecule has 1 aromatic carbocycles. The molecular formula is C29H37N5O. The Morgan fingerprint density at radius 1 is 0.943 bits per heavy atom. The predicted molar refractivity (Wildman–Crippen MR) is 142 cm³/mol. The fraction of sp³-hybridized carbons (Fsp3) is 0.517. The Morgan fingerprint density at radius 2 is 1.77 bits per heavy atom. The van der Waals surface area contributed by atoms with Crippen LogP contribution >= 0.6 is 0 Å². The van der Waals surface area contributed by atoms with Gasteiger partial charge in [-0.2, -0.15) is 0 Å². The Labute approximate surface area is 209 Å². The highest BCUT2D eigenvalue weighted by Gasteiger charge is 2.25. The van der Waals surface area contributed by atoms with Gasteiger partial charge in [-0.1, -0.05) is 49.7 Å². The fourth-order valence-corrected chi connectivity index (χ4v) is 5.71. The molecule has 1 saturated heterocycles. The van der Waals surface area contributed by atoms with E-state index in [0.717, 1.165) is 42.7 Å². The Bertz CT molecular complexity index is 1070. The van der Waals surface area contributed by atoms with Crippen molar-refractivity contribution in [2.24, 2.45) is 5.92 Å². The minimum Gasteiger partial charge on any atom is -0.319 e. The van der Waals surface area contributed by atoms with Crippen LogP contribution in [0.25, 0.3) is 0 Å². The van der Waals surface area contributed by atoms with Crippen LogP contribution in [0.3, 0.4) is 0 Å². The van der Waals surface area contributed by atoms with Gasteiger partial charge >= 0.3 is 0 Å². The number of pyridine rings is 1. The lowest BCUT2D eigenvalue weighted by atomic mass is 9.89. The molecule has 6 heteroatoms. The molecule has 1 atom stereocenters. The summed E-state index contributed by atoms with van der Waals surface area (Å²) in [6.45, 7) is 4.65. The van der Waals surface area contributed by atoms with Crippen LogP contribution in [0.1, 0.15) is 61.7 Å². The number of carbonyl (C=O) groups is 1. The van der Waals surface area contributed by atoms with Gasteiger partial charge in [-0.25, -0.2) is 4.98 Å². The van der Waals surface area contributed by atoms with Gasteiger partial charge in [0.25, 0.3) is 5.91 Å². The third-order valence-corrected chi connectivity index (χ3v) is 7.66. The lowest BCUT2D eigenvalue weighted by Gasteiger charge is -2.35. The van der Waals surface area contributed by atoms with E-state index in [1.807, 2.05) is 36.4 Å². The van der Waals surface area contributed by atoms with Gasteiger partial charge in [0.1, 0.15) is 0 Å². The zero-order chi connectivity index (χ0) is 23.9. The minimum atomic E-state index is -0.109. The van der Waals surface area contributed by atoms with Crippen molar-refractivity contribution >= 4 is 23.1 Å². The highest BCUT2D eigenvalue weighted by molar-refractivity contribution is 6.12. The summed E-state index contributed by atoms with van der Waals surface area (Å²) in [6.07, 6.45) is 12.6. The molecule has 0 radical (unpaired) electrons. The van der Waals surface area contributed by atoms with Crippen LogP contribution < -0.4 is 15.5 Å². The molecule has 5 rings (SSSR count). The van der Waals surface area contributed by atoms with Crippen molar-refractivity contribution in [2.45, 2.75) is 57.4 Å². The summed E-state index contributed by atoms with van der Waals surface area (Å²) in [4.78, 5) is 21.9. The number of aromatic nitrogens is 1. The quantitative estimate of drug-likeness (QED) is 0.592. The second-order valence-electron chi connectivity index (χ2n) is 10.1. The second kappa shape index (κ2) is 11.7. The zero-order valence-electron chi connectivity index (χ0n) is 20.6. The van der Waals surface area contributed by atoms with Crippen molar-refractivity contribution in [3.8, 4) is 11.8 Å². The SMILES string of the molecule is O=C1Nc2cccnc2N(CC#CCN2CCCCC2CNCC2CCCCC2)c2ccccc21. The van der Waals surface area contributed by atoms with Crippen LogP contribution in [0, 0.1) is 17.8 Å². The first-order chi connectivity index (χ1) is 17.3. The molecule has 184 valence electrons. The van der Waals surface area contributed by atoms with Crippen LogP contribution in [-0.4, -0.2) is 54.6 Å². The normalized spacial score (nSPS) is 20.7. The number of rotatable bonds is 6. The molecular weight excluding hydrogens is 434 g/mol. The number of likely N-dealkylation sites (tertiary alicyclic amines) is 1. The maximum atomic E-state index is 12.8. The molecule has 2 aliphatic heterocycles. The van der Waals surface area contributed by atoms with Gasteiger partial charge < -0.3 is 15.5 Å². The van der Waals surface area contributed by atoms with Crippen molar-refractivity contribution in [1.82, 2.24) is 15.2 Å². The number of para-hydroxylation sites is 1. The Hall–Kier alpha value is -2.88. The molecule has 1 saturated carbocycles. The predicted octanol–water partition coefficient (Wildman–Crippen LogP) is 4.81. The number of nitrogens with one attached hydrogen (secondary N) is 2. The first-order valence-electron chi connectivity index (χ1n) is 13.3. The van der Waals surface area contributed by atoms with E-state index >= 15 is 0 Å². The molecule has 6 nitrogen and oxygen atoms in total. The second-order valence-corrected chi connectivity index (χ2v) is 10.1. The molecule has 3 heterocycles. The number of hydrogen-bond acceptors (Lipinski definition) is 5. The van der Waals surface area contributed by atoms with Crippen LogP contribution in [0.5, 0.6) is 0 Å². The van der Waals surface area contributed by atoms with Crippen LogP contribution in [0.4, 0.5) is 17.2 Å². The molecule has 0 spiro atoms. The van der Waals surface area contributed by atoms with Gasteiger partial charge in [0.2, 0.25) is 0 Å². The Balaban J connectivity index is 1.22. The summed E-state index contributed by atoms with van der Waals surface area (Å²) in [7, 11) is 0. The number of anilines is 3. The first kappa shape index (κ1) is 23.8. The third-order valence-electron chi connectivity index (χ3n) is 7.66. The van der Waals surface area contributed by atoms with Crippen molar-refractivity contribution in [2.75, 3.05) is 42.9 Å². The van der Waals surface area contributed by atoms with E-state index in [9.17, 15) is 4.79 Å². The van der Waals surface area contributed by atoms with E-state index < -0.39 is 0 Å². The van der Waals surface area contributed by atoms with Gasteiger partial charge in [-0.05, 0) is 69.0 Å². The lowest BCUT2D eigenvalue weighted by molar-refractivity contribution is 0.102. The maximum absolute atomic E-state index is 12.8. The smallest absolute Gasteiger partial charge is 0.257 e. The van der Waals surface area contributed by atoms with Gasteiger partial charge in [-0.15, -0.1) is 0 Å². The molecule has 3 aliphatic rings. The average Bonchev–Trinajstić information content (AvgIpc) is 3.02. The van der Waals surface area contributed by atoms with Gasteiger partial charge in [0, 0.05) is 18.8 Å². The summed E-state index contributed by atoms with van der Waals surface area (Å²) < 4.78 is 0. The first-order valence-corrected chi connectivity index (χ1v) is 13.3. The van der Waals surface area contributed by atoms with Gasteiger partial charge in [0.05, 0.1) is 30.0 Å². The molecule has 1 unspecified atom stereocenters. The van der Waals surface area contributed by atoms with E-state index in [2.05, 4.69) is 37.3 Å². The summed E-state index contributed by atoms with van der Waals surface area (Å²) in [6, 6.07) is 12.0. The van der Waals surface area contributed by atoms with Crippen molar-refractivity contribution < 1.29 is 4.79 Å². The van der Waals surface area contributed by atoms with Crippen LogP contribution in [0.15, 0.2) is 42.6 Å². The average molecular weight is 472 g/mol. The van der Waals surface area contributed by atoms with Crippen LogP contribution in [-0.2, 0) is 0 Å². The number of piperidine rings is 1. The molecule has 1 aromatic heterocycles. The standard InChI is InChI=1S/C29H37N5O/c35-29-25-14-4-5-16-27(25)34(28-26(32-29)15-10-17-31-28)20-9-8-19-33-18-7-6-13-24(33)22-30-21-23-11-2-1-3-12-23/h4-5,10,14-17,23-24,30H,1-3,6-7,11-13,18-22H2,(H,32,35). The van der Waals surface area contributed by atoms with E-state index in [-0.39, 0.29) is 5.91 Å². The Morgan fingerprint density at radius 3 is 2.69 bits per heavy atom. The zero-order valence-corrected chi connectivity index (χ0v) is 20.6. The summed E-state index contributed by atoms with van der Waals surface area (Å²) >= 11 is 0. The van der Waals surface area contributed by atoms with Gasteiger partial charge in [0.15, 0.2) is 5.82 Å². The number of carbonyl (C=O) groups excluding carboxylic acids is 1. The highest BCUT2D eigenvalue weighted by Crippen LogP contribution is 2.35. The molecule has 2 fully saturated rings. The number of fused-ring (bicyclic) bond motifs is 2. The molecule has 2 aromatic rings. The monoisotopic (exact) mass is 471 g/mol. The summed E-state index contributed by atoms with van der Waals surface area (Å²) in [5.74, 6) is 8.33. The van der Waals surface area contributed by atoms with Crippen molar-refractivity contribution in [3.05, 3.63) is 48.2 Å². The third kappa shape index (κ3) is 5.86. The summed E-state index contributed by atoms with van der Waals surface area (Å²) in [5.41, 5.74) is 2.21. The topological polar surface area (TPSA) is 60.5 Å². The number of amides is 1. The van der Waals surface area contributed by atoms with E-state index in [1.54, 1.807) is 6.20 Å². The van der Waals surface area contributed by atoms with Gasteiger partial charge in [-0.3, -0.25) is 9.69 Å². The largest absolute Gasteiger partial charge is 0.319 e. The van der Waals surface area contributed by atoms with Crippen LogP contribution in [0.2, 0.25) is 0 Å². The van der Waals surface area contributed by atoms with E-state index in [0.29, 0.717) is 18.2 Å². The lowest BCUT2D eigenvalue weighted by Crippen LogP contribution is -2.46. The Kier molecular flexibility index (Phi) is 7.97. The fourth-order valence-electron chi connectivity index (χ4n) is 5.71. The molecule has 1 aliphatic carbocycles. The van der Waals surface area contributed by atoms with Crippen molar-refractivity contribution in [1.29, 1.82) is 0 Å². The van der Waals surface area contributed by atoms with E-state index in [1.165, 1.54) is 57.9 Å². The number of nitrogens with zero attached hydrogens (tertiary/aromatic N) is 3. The minimum absolute atomic E-state index is 0.109. The molecule has 35 heavy (non-hydrogen) atoms. The molecule has 2 N–H and O–H groups in total. The maximum Gasteiger partial charge on any atom is 0.257 e. The number of hydrogen-bond donors (Lipinski definition) is 2. The molecule has 0 bridgehead atoms.